The van der Waals surface area contributed by atoms with E-state index in [-0.39, 0.29) is 79.0 Å². The number of fused-ring (bicyclic) bond motifs is 2. The number of azo groups is 2. The Morgan fingerprint density at radius 2 is 0.912 bits per heavy atom. The largest absolute Gasteiger partial charge is 2.00 e. The first-order valence-electron chi connectivity index (χ1n) is 17.2. The molecule has 0 aliphatic carbocycles. The molecule has 68 heavy (non-hydrogen) atoms. The van der Waals surface area contributed by atoms with Crippen LogP contribution in [-0.4, -0.2) is 66.8 Å². The zero-order valence-electron chi connectivity index (χ0n) is 32.2. The maximum absolute atomic E-state index is 13.5. The number of halogens is 2. The van der Waals surface area contributed by atoms with Gasteiger partial charge in [-0.1, -0.05) is 52.8 Å². The molecule has 25 nitrogen and oxygen atoms in total. The fraction of sp³-hybridized carbons (Fsp3) is 0. The molecule has 0 fully saturated rings. The van der Waals surface area contributed by atoms with Crippen molar-refractivity contribution in [2.75, 3.05) is 10.6 Å². The molecule has 0 unspecified atom stereocenters. The minimum absolute atomic E-state index is 0. The van der Waals surface area contributed by atoms with Gasteiger partial charge in [0.1, 0.15) is 40.5 Å². The molecule has 0 amide bonds. The van der Waals surface area contributed by atoms with Gasteiger partial charge < -0.3 is 49.3 Å². The van der Waals surface area contributed by atoms with E-state index >= 15 is 0 Å². The van der Waals surface area contributed by atoms with Gasteiger partial charge in [0.2, 0.25) is 17.2 Å². The molecule has 7 aromatic rings. The van der Waals surface area contributed by atoms with E-state index in [2.05, 4.69) is 46.0 Å². The van der Waals surface area contributed by atoms with E-state index in [1.165, 1.54) is 30.3 Å². The zero-order chi connectivity index (χ0) is 48.3. The minimum Gasteiger partial charge on any atom is -0.871 e. The van der Waals surface area contributed by atoms with E-state index in [1.54, 1.807) is 0 Å². The van der Waals surface area contributed by atoms with Crippen molar-refractivity contribution in [1.82, 2.24) is 15.0 Å². The third-order valence-corrected chi connectivity index (χ3v) is 12.5. The summed E-state index contributed by atoms with van der Waals surface area (Å²) in [7, 11) is -21.2. The Hall–Kier alpha value is -5.89. The maximum Gasteiger partial charge on any atom is 2.00 e. The second-order valence-electron chi connectivity index (χ2n) is 13.1. The van der Waals surface area contributed by atoms with E-state index in [4.69, 9.17) is 23.2 Å². The van der Waals surface area contributed by atoms with Gasteiger partial charge in [-0.05, 0) is 93.8 Å². The van der Waals surface area contributed by atoms with Crippen LogP contribution < -0.4 is 31.1 Å². The molecule has 1 aromatic heterocycles. The second kappa shape index (κ2) is 19.6. The molecule has 2 N–H and O–H groups in total. The second-order valence-corrected chi connectivity index (χ2v) is 19.3. The number of aromatic nitrogens is 3. The Labute approximate surface area is 412 Å². The fourth-order valence-electron chi connectivity index (χ4n) is 5.83. The van der Waals surface area contributed by atoms with Gasteiger partial charge in [0.25, 0.3) is 0 Å². The number of anilines is 4. The van der Waals surface area contributed by atoms with Gasteiger partial charge in [0.15, 0.2) is 0 Å². The van der Waals surface area contributed by atoms with Crippen LogP contribution in [0.4, 0.5) is 46.0 Å². The van der Waals surface area contributed by atoms with Crippen LogP contribution in [0.5, 0.6) is 23.0 Å². The quantitative estimate of drug-likeness (QED) is 0.1000. The monoisotopic (exact) mass is 1140 g/mol. The molecule has 0 saturated carbocycles. The first kappa shape index (κ1) is 53.1. The van der Waals surface area contributed by atoms with Crippen LogP contribution >= 0.6 is 23.2 Å². The molecule has 6 aromatic carbocycles. The van der Waals surface area contributed by atoms with Gasteiger partial charge in [-0.25, -0.2) is 33.7 Å². The fourth-order valence-corrected chi connectivity index (χ4v) is 8.57. The summed E-state index contributed by atoms with van der Waals surface area (Å²) in [6.45, 7) is 0. The summed E-state index contributed by atoms with van der Waals surface area (Å²) >= 11 is 11.8. The standard InChI is InChI=1S/C35H23Cl2N9O16S4.2Cu/c36-22-11-19(64(54,55)56)13-24(32(22)50)44-46-29-27(66(60,61)62)10-15-8-17(2-5-21(15)31(29)49)39-35-41-33(37)40-34(42-35)38-16-1-4-20-14(7-16)9-26(65(57,58)59)28(30(20)48)45-43-23-12-18(63(51,52)53)3-6-25(23)47;;/h1-13,47-50H,(H,51,52,53)(H,54,55,56)(H,57,58,59)(H,60,61,62)(H2,38,39,40,41,42);;/q;2*+2/p-8. The molecule has 7 rings (SSSR count). The Morgan fingerprint density at radius 3 is 1.35 bits per heavy atom. The van der Waals surface area contributed by atoms with Crippen LogP contribution in [0.2, 0.25) is 10.3 Å². The maximum atomic E-state index is 13.5. The summed E-state index contributed by atoms with van der Waals surface area (Å²) in [4.78, 5) is 7.78. The van der Waals surface area contributed by atoms with Gasteiger partial charge >= 0.3 is 34.1 Å². The van der Waals surface area contributed by atoms with Gasteiger partial charge in [-0.2, -0.15) is 25.2 Å². The van der Waals surface area contributed by atoms with Gasteiger partial charge in [0.05, 0.1) is 42.3 Å². The summed E-state index contributed by atoms with van der Waals surface area (Å²) in [5.41, 5.74) is -3.62. The number of benzene rings is 6. The van der Waals surface area contributed by atoms with Crippen LogP contribution in [0.3, 0.4) is 0 Å². The summed E-state index contributed by atoms with van der Waals surface area (Å²) in [6.07, 6.45) is 0. The van der Waals surface area contributed by atoms with Crippen LogP contribution in [0.25, 0.3) is 21.5 Å². The third kappa shape index (κ3) is 11.5. The van der Waals surface area contributed by atoms with E-state index < -0.39 is 116 Å². The summed E-state index contributed by atoms with van der Waals surface area (Å²) in [5, 5.41) is 68.8. The Balaban J connectivity index is 0.00000432. The number of hydrogen-bond acceptors (Lipinski definition) is 25. The predicted octanol–water partition coefficient (Wildman–Crippen LogP) is 3.71. The van der Waals surface area contributed by atoms with Crippen LogP contribution in [0.1, 0.15) is 0 Å². The van der Waals surface area contributed by atoms with Gasteiger partial charge in [-0.15, -0.1) is 10.2 Å². The molecule has 0 saturated heterocycles. The van der Waals surface area contributed by atoms with E-state index in [0.29, 0.717) is 30.3 Å². The molecule has 0 atom stereocenters. The molecule has 360 valence electrons. The van der Waals surface area contributed by atoms with E-state index in [1.807, 2.05) is 0 Å². The molecule has 33 heteroatoms. The van der Waals surface area contributed by atoms with E-state index in [9.17, 15) is 72.3 Å². The summed E-state index contributed by atoms with van der Waals surface area (Å²) in [6, 6.07) is 11.7. The first-order valence-corrected chi connectivity index (χ1v) is 23.6. The molecule has 2 radical (unpaired) electrons. The van der Waals surface area contributed by atoms with Crippen molar-refractivity contribution in [2.45, 2.75) is 19.6 Å². The Kier molecular flexibility index (Phi) is 15.3. The number of nitrogens with one attached hydrogen (secondary N) is 2. The number of hydrogen-bond donors (Lipinski definition) is 2. The SMILES string of the molecule is O=S(=O)([O-])c1ccc([O-])c(N=Nc2c(S(=O)(=O)[O-])cc3cc(Nc4nc(Cl)nc(Nc5ccc6c([O-])c(N=Nc7cc(S(=O)(=O)[O-])cc(Cl)c7[O-])c(S(=O)(=O)[O-])cc6c5)n4)ccc3c2[O-])c1.[Cu+2].[Cu+2]. The van der Waals surface area contributed by atoms with Gasteiger partial charge in [-0.3, -0.25) is 0 Å². The van der Waals surface area contributed by atoms with Crippen LogP contribution in [-0.2, 0) is 74.6 Å². The van der Waals surface area contributed by atoms with Crippen molar-refractivity contribution < 1.29 is 106 Å². The first-order chi connectivity index (χ1) is 30.7. The van der Waals surface area contributed by atoms with Crippen LogP contribution in [0, 0.1) is 0 Å². The van der Waals surface area contributed by atoms with Crippen molar-refractivity contribution in [3.05, 3.63) is 89.2 Å². The zero-order valence-corrected chi connectivity index (χ0v) is 38.8. The predicted molar refractivity (Wildman–Crippen MR) is 215 cm³/mol. The van der Waals surface area contributed by atoms with Gasteiger partial charge in [0, 0.05) is 16.4 Å². The van der Waals surface area contributed by atoms with Crippen molar-refractivity contribution in [3.63, 3.8) is 0 Å². The number of rotatable bonds is 12. The minimum atomic E-state index is -5.50. The van der Waals surface area contributed by atoms with Crippen molar-refractivity contribution in [2.24, 2.45) is 20.5 Å². The molecule has 0 aliphatic rings. The average Bonchev–Trinajstić information content (AvgIpc) is 3.20. The van der Waals surface area contributed by atoms with Crippen molar-refractivity contribution in [1.29, 1.82) is 0 Å². The Bertz CT molecular complexity index is 3770. The average molecular weight is 1140 g/mol. The number of nitrogens with zero attached hydrogens (tertiary/aromatic N) is 7. The third-order valence-electron chi connectivity index (χ3n) is 8.74. The topological polar surface area (TPSA) is 433 Å². The molecular weight excluding hydrogens is 1130 g/mol. The summed E-state index contributed by atoms with van der Waals surface area (Å²) < 4.78 is 142. The molecule has 0 spiro atoms. The molecule has 0 bridgehead atoms. The molecular formula is C35H15Cl2Cu2N9O16S4-4. The normalized spacial score (nSPS) is 12.3. The van der Waals surface area contributed by atoms with Crippen molar-refractivity contribution >= 4 is 131 Å². The molecule has 1 heterocycles. The Morgan fingerprint density at radius 1 is 0.471 bits per heavy atom. The van der Waals surface area contributed by atoms with E-state index in [0.717, 1.165) is 18.2 Å². The summed E-state index contributed by atoms with van der Waals surface area (Å²) in [5.74, 6) is -5.01. The smallest absolute Gasteiger partial charge is 0.871 e. The van der Waals surface area contributed by atoms with Crippen LogP contribution in [0.15, 0.2) is 119 Å². The van der Waals surface area contributed by atoms with Crippen molar-refractivity contribution in [3.8, 4) is 23.0 Å². The molecule has 0 aliphatic heterocycles.